The fourth-order valence-corrected chi connectivity index (χ4v) is 5.73. The lowest BCUT2D eigenvalue weighted by molar-refractivity contribution is 0.0692. The van der Waals surface area contributed by atoms with Gasteiger partial charge in [-0.25, -0.2) is 13.2 Å². The van der Waals surface area contributed by atoms with Gasteiger partial charge in [-0.1, -0.05) is 54.1 Å². The molecule has 0 heterocycles. The van der Waals surface area contributed by atoms with Crippen LogP contribution in [0.1, 0.15) is 34.5 Å². The predicted octanol–water partition coefficient (Wildman–Crippen LogP) is 5.92. The summed E-state index contributed by atoms with van der Waals surface area (Å²) in [7, 11) is -4.10. The molecule has 0 saturated heterocycles. The van der Waals surface area contributed by atoms with Crippen LogP contribution in [-0.2, 0) is 16.3 Å². The molecule has 4 aromatic carbocycles. The molecule has 39 heavy (non-hydrogen) atoms. The Balaban J connectivity index is 1.44. The van der Waals surface area contributed by atoms with Gasteiger partial charge in [0.2, 0.25) is 9.84 Å². The lowest BCUT2D eigenvalue weighted by atomic mass is 10.1. The molecule has 7 nitrogen and oxygen atoms in total. The first-order valence-electron chi connectivity index (χ1n) is 12.2. The summed E-state index contributed by atoms with van der Waals surface area (Å²) in [5, 5.41) is 24.0. The Morgan fingerprint density at radius 3 is 2.31 bits per heavy atom. The van der Waals surface area contributed by atoms with Crippen LogP contribution in [0, 0.1) is 0 Å². The minimum Gasteiger partial charge on any atom is -0.478 e. The lowest BCUT2D eigenvalue weighted by Crippen LogP contribution is -2.32. The van der Waals surface area contributed by atoms with Crippen LogP contribution in [0.2, 0.25) is 5.02 Å². The molecule has 4 rings (SSSR count). The van der Waals surface area contributed by atoms with Crippen molar-refractivity contribution in [2.45, 2.75) is 35.3 Å². The standard InChI is InChI=1S/C30H28ClNO6S/c1-20(32-19-28(33)22-6-5-7-23(31)17-22)16-21-10-13-26(14-11-21)39(36,37)29-15-12-25(18-27(29)30(34)35)38-24-8-3-2-4-9-24/h2-15,17-18,20,28,32-33H,16,19H2,1H3,(H,34,35)/t20-,28-/m1/s1. The number of aliphatic hydroxyl groups is 1. The fraction of sp³-hybridized carbons (Fsp3) is 0.167. The number of rotatable bonds is 11. The minimum atomic E-state index is -4.10. The molecule has 0 radical (unpaired) electrons. The van der Waals surface area contributed by atoms with E-state index in [4.69, 9.17) is 16.3 Å². The van der Waals surface area contributed by atoms with Gasteiger partial charge in [-0.15, -0.1) is 0 Å². The van der Waals surface area contributed by atoms with Gasteiger partial charge in [0, 0.05) is 17.6 Å². The monoisotopic (exact) mass is 565 g/mol. The van der Waals surface area contributed by atoms with Gasteiger partial charge in [0.15, 0.2) is 0 Å². The van der Waals surface area contributed by atoms with E-state index in [-0.39, 0.29) is 27.1 Å². The first-order chi connectivity index (χ1) is 18.6. The van der Waals surface area contributed by atoms with Crippen LogP contribution in [0.25, 0.3) is 0 Å². The smallest absolute Gasteiger partial charge is 0.337 e. The van der Waals surface area contributed by atoms with E-state index in [1.54, 1.807) is 54.6 Å². The number of halogens is 1. The molecule has 0 aromatic heterocycles. The van der Waals surface area contributed by atoms with Gasteiger partial charge in [-0.3, -0.25) is 0 Å². The molecule has 0 aliphatic heterocycles. The van der Waals surface area contributed by atoms with Crippen molar-refractivity contribution in [1.82, 2.24) is 5.32 Å². The predicted molar refractivity (Wildman–Crippen MR) is 149 cm³/mol. The van der Waals surface area contributed by atoms with E-state index in [2.05, 4.69) is 5.32 Å². The number of hydrogen-bond acceptors (Lipinski definition) is 6. The zero-order valence-corrected chi connectivity index (χ0v) is 22.7. The van der Waals surface area contributed by atoms with Crippen LogP contribution in [0.15, 0.2) is 107 Å². The Hall–Kier alpha value is -3.69. The molecular formula is C30H28ClNO6S. The quantitative estimate of drug-likeness (QED) is 0.207. The summed E-state index contributed by atoms with van der Waals surface area (Å²) in [5.41, 5.74) is 1.23. The van der Waals surface area contributed by atoms with Crippen LogP contribution >= 0.6 is 11.6 Å². The summed E-state index contributed by atoms with van der Waals surface area (Å²) in [6.45, 7) is 2.30. The van der Waals surface area contributed by atoms with Crippen molar-refractivity contribution in [3.63, 3.8) is 0 Å². The number of nitrogens with one attached hydrogen (secondary N) is 1. The second-order valence-electron chi connectivity index (χ2n) is 9.11. The molecule has 3 N–H and O–H groups in total. The number of para-hydroxylation sites is 1. The first kappa shape index (κ1) is 28.3. The first-order valence-corrected chi connectivity index (χ1v) is 14.1. The maximum Gasteiger partial charge on any atom is 0.337 e. The third-order valence-electron chi connectivity index (χ3n) is 6.12. The molecule has 0 amide bonds. The van der Waals surface area contributed by atoms with Gasteiger partial charge in [0.25, 0.3) is 0 Å². The Morgan fingerprint density at radius 2 is 1.64 bits per heavy atom. The van der Waals surface area contributed by atoms with E-state index >= 15 is 0 Å². The largest absolute Gasteiger partial charge is 0.478 e. The summed E-state index contributed by atoms with van der Waals surface area (Å²) < 4.78 is 32.4. The summed E-state index contributed by atoms with van der Waals surface area (Å²) in [5.74, 6) is -0.652. The number of benzene rings is 4. The molecule has 9 heteroatoms. The molecule has 0 unspecified atom stereocenters. The van der Waals surface area contributed by atoms with E-state index in [0.717, 1.165) is 11.1 Å². The van der Waals surface area contributed by atoms with Crippen LogP contribution in [0.4, 0.5) is 0 Å². The van der Waals surface area contributed by atoms with E-state index in [1.807, 2.05) is 19.1 Å². The lowest BCUT2D eigenvalue weighted by Gasteiger charge is -2.18. The number of aromatic carboxylic acids is 1. The summed E-state index contributed by atoms with van der Waals surface area (Å²) >= 11 is 5.99. The number of sulfone groups is 1. The highest BCUT2D eigenvalue weighted by Gasteiger charge is 2.25. The topological polar surface area (TPSA) is 113 Å². The molecule has 202 valence electrons. The molecule has 4 aromatic rings. The second kappa shape index (κ2) is 12.4. The van der Waals surface area contributed by atoms with Crippen molar-refractivity contribution in [1.29, 1.82) is 0 Å². The van der Waals surface area contributed by atoms with Crippen LogP contribution in [0.5, 0.6) is 11.5 Å². The fourth-order valence-electron chi connectivity index (χ4n) is 4.10. The molecule has 2 atom stereocenters. The zero-order valence-electron chi connectivity index (χ0n) is 21.1. The van der Waals surface area contributed by atoms with E-state index < -0.39 is 21.9 Å². The van der Waals surface area contributed by atoms with Crippen molar-refractivity contribution in [3.8, 4) is 11.5 Å². The van der Waals surface area contributed by atoms with Crippen molar-refractivity contribution in [3.05, 3.63) is 119 Å². The summed E-state index contributed by atoms with van der Waals surface area (Å²) in [6.07, 6.45) is -0.124. The van der Waals surface area contributed by atoms with Crippen LogP contribution in [-0.4, -0.2) is 37.2 Å². The SMILES string of the molecule is C[C@H](Cc1ccc(S(=O)(=O)c2ccc(Oc3ccccc3)cc2C(=O)O)cc1)NC[C@@H](O)c1cccc(Cl)c1. The molecule has 0 aliphatic carbocycles. The van der Waals surface area contributed by atoms with Crippen LogP contribution < -0.4 is 10.1 Å². The highest BCUT2D eigenvalue weighted by atomic mass is 35.5. The second-order valence-corrected chi connectivity index (χ2v) is 11.5. The van der Waals surface area contributed by atoms with Crippen molar-refractivity contribution >= 4 is 27.4 Å². The highest BCUT2D eigenvalue weighted by Crippen LogP contribution is 2.30. The number of carbonyl (C=O) groups is 1. The Labute approximate surface area is 232 Å². The maximum absolute atomic E-state index is 13.3. The van der Waals surface area contributed by atoms with Gasteiger partial charge in [-0.2, -0.15) is 0 Å². The third-order valence-corrected chi connectivity index (χ3v) is 8.18. The Bertz CT molecular complexity index is 1540. The molecule has 0 aliphatic rings. The van der Waals surface area contributed by atoms with Crippen molar-refractivity contribution in [2.75, 3.05) is 6.54 Å². The number of aliphatic hydroxyl groups excluding tert-OH is 1. The van der Waals surface area contributed by atoms with Gasteiger partial charge < -0.3 is 20.3 Å². The average molecular weight is 566 g/mol. The number of ether oxygens (including phenoxy) is 1. The Morgan fingerprint density at radius 1 is 0.923 bits per heavy atom. The number of carboxylic acids is 1. The normalized spacial score (nSPS) is 13.0. The average Bonchev–Trinajstić information content (AvgIpc) is 2.92. The van der Waals surface area contributed by atoms with E-state index in [9.17, 15) is 23.4 Å². The highest BCUT2D eigenvalue weighted by molar-refractivity contribution is 7.91. The molecule has 0 fully saturated rings. The summed E-state index contributed by atoms with van der Waals surface area (Å²) in [4.78, 5) is 11.6. The van der Waals surface area contributed by atoms with E-state index in [1.165, 1.54) is 30.3 Å². The number of hydrogen-bond donors (Lipinski definition) is 3. The van der Waals surface area contributed by atoms with Gasteiger partial charge in [-0.05, 0) is 79.1 Å². The third kappa shape index (κ3) is 7.25. The molecule has 0 saturated carbocycles. The zero-order chi connectivity index (χ0) is 28.0. The Kier molecular flexibility index (Phi) is 9.04. The van der Waals surface area contributed by atoms with Crippen molar-refractivity contribution < 1.29 is 28.2 Å². The van der Waals surface area contributed by atoms with Crippen molar-refractivity contribution in [2.24, 2.45) is 0 Å². The van der Waals surface area contributed by atoms with E-state index in [0.29, 0.717) is 23.7 Å². The minimum absolute atomic E-state index is 0.00272. The van der Waals surface area contributed by atoms with Gasteiger partial charge >= 0.3 is 5.97 Å². The molecular weight excluding hydrogens is 538 g/mol. The number of carboxylic acid groups (broad SMARTS) is 1. The molecule has 0 spiro atoms. The maximum atomic E-state index is 13.3. The summed E-state index contributed by atoms with van der Waals surface area (Å²) in [6, 6.07) is 26.1. The van der Waals surface area contributed by atoms with Crippen LogP contribution in [0.3, 0.4) is 0 Å². The molecule has 0 bridgehead atoms. The van der Waals surface area contributed by atoms with Gasteiger partial charge in [0.1, 0.15) is 11.5 Å². The van der Waals surface area contributed by atoms with Gasteiger partial charge in [0.05, 0.1) is 21.5 Å².